The van der Waals surface area contributed by atoms with Gasteiger partial charge in [-0.2, -0.15) is 13.2 Å². The van der Waals surface area contributed by atoms with Crippen molar-refractivity contribution in [2.75, 3.05) is 32.2 Å². The van der Waals surface area contributed by atoms with Crippen molar-refractivity contribution in [3.05, 3.63) is 53.1 Å². The Morgan fingerprint density at radius 1 is 0.966 bits per heavy atom. The number of nitrogens with one attached hydrogen (secondary N) is 1. The lowest BCUT2D eigenvalue weighted by molar-refractivity contribution is -0.137. The molecule has 2 aromatic carbocycles. The molecule has 8 heteroatoms. The van der Waals surface area contributed by atoms with Crippen LogP contribution >= 0.6 is 0 Å². The van der Waals surface area contributed by atoms with Crippen LogP contribution in [0.25, 0.3) is 0 Å². The van der Waals surface area contributed by atoms with Crippen LogP contribution in [0.4, 0.5) is 18.9 Å². The Kier molecular flexibility index (Phi) is 7.90. The quantitative estimate of drug-likeness (QED) is 0.605. The van der Waals surface area contributed by atoms with Crippen LogP contribution in [-0.2, 0) is 15.7 Å². The lowest BCUT2D eigenvalue weighted by atomic mass is 10.1. The van der Waals surface area contributed by atoms with Gasteiger partial charge in [0.05, 0.1) is 30.9 Å². The summed E-state index contributed by atoms with van der Waals surface area (Å²) in [6.45, 7) is 4.42. The molecule has 1 amide bonds. The van der Waals surface area contributed by atoms with E-state index < -0.39 is 17.6 Å². The summed E-state index contributed by atoms with van der Waals surface area (Å²) in [6, 6.07) is 8.51. The third-order valence-corrected chi connectivity index (χ3v) is 4.20. The van der Waals surface area contributed by atoms with E-state index in [1.807, 2.05) is 26.0 Å². The minimum absolute atomic E-state index is 0.0271. The zero-order valence-corrected chi connectivity index (χ0v) is 16.6. The maximum Gasteiger partial charge on any atom is 0.416 e. The van der Waals surface area contributed by atoms with Crippen molar-refractivity contribution in [2.45, 2.75) is 26.4 Å². The van der Waals surface area contributed by atoms with Crippen LogP contribution in [-0.4, -0.2) is 32.8 Å². The van der Waals surface area contributed by atoms with Crippen molar-refractivity contribution >= 4 is 11.6 Å². The van der Waals surface area contributed by atoms with Crippen LogP contribution in [0.1, 0.15) is 23.1 Å². The molecule has 0 bridgehead atoms. The van der Waals surface area contributed by atoms with Crippen molar-refractivity contribution in [3.63, 3.8) is 0 Å². The van der Waals surface area contributed by atoms with Gasteiger partial charge in [-0.25, -0.2) is 0 Å². The molecular weight excluding hydrogens is 387 g/mol. The highest BCUT2D eigenvalue weighted by molar-refractivity contribution is 5.92. The van der Waals surface area contributed by atoms with Crippen molar-refractivity contribution < 1.29 is 32.2 Å². The maximum absolute atomic E-state index is 13.0. The summed E-state index contributed by atoms with van der Waals surface area (Å²) in [7, 11) is 1.48. The van der Waals surface area contributed by atoms with E-state index in [4.69, 9.17) is 14.2 Å². The van der Waals surface area contributed by atoms with Crippen molar-refractivity contribution in [1.29, 1.82) is 0 Å². The molecule has 158 valence electrons. The lowest BCUT2D eigenvalue weighted by Crippen LogP contribution is -2.17. The average Bonchev–Trinajstić information content (AvgIpc) is 2.65. The standard InChI is InChI=1S/C21H24F3NO4/c1-14-4-6-17(12-15(14)2)28-9-8-20(26)25-18-13-16(21(22,23)24)5-7-19(18)29-11-10-27-3/h4-7,12-13H,8-11H2,1-3H3,(H,25,26). The molecule has 2 aromatic rings. The number of amides is 1. The molecular formula is C21H24F3NO4. The van der Waals surface area contributed by atoms with Crippen LogP contribution in [0.2, 0.25) is 0 Å². The van der Waals surface area contributed by atoms with Crippen LogP contribution < -0.4 is 14.8 Å². The lowest BCUT2D eigenvalue weighted by Gasteiger charge is -2.15. The fourth-order valence-electron chi connectivity index (χ4n) is 2.44. The highest BCUT2D eigenvalue weighted by Crippen LogP contribution is 2.35. The number of halogens is 3. The largest absolute Gasteiger partial charge is 0.493 e. The molecule has 0 radical (unpaired) electrons. The molecule has 0 fully saturated rings. The minimum Gasteiger partial charge on any atom is -0.493 e. The molecule has 0 spiro atoms. The molecule has 0 aromatic heterocycles. The predicted molar refractivity (Wildman–Crippen MR) is 103 cm³/mol. The van der Waals surface area contributed by atoms with Gasteiger partial charge in [-0.05, 0) is 55.3 Å². The number of carbonyl (C=O) groups is 1. The molecule has 1 N–H and O–H groups in total. The molecule has 0 aliphatic heterocycles. The van der Waals surface area contributed by atoms with Gasteiger partial charge < -0.3 is 19.5 Å². The number of benzene rings is 2. The van der Waals surface area contributed by atoms with E-state index in [-0.39, 0.29) is 37.7 Å². The van der Waals surface area contributed by atoms with Gasteiger partial charge in [0.2, 0.25) is 5.91 Å². The number of hydrogen-bond acceptors (Lipinski definition) is 4. The first-order valence-corrected chi connectivity index (χ1v) is 9.03. The van der Waals surface area contributed by atoms with Crippen LogP contribution in [0.3, 0.4) is 0 Å². The molecule has 0 aliphatic rings. The summed E-state index contributed by atoms with van der Waals surface area (Å²) in [5, 5.41) is 2.47. The van der Waals surface area contributed by atoms with E-state index in [1.165, 1.54) is 13.2 Å². The highest BCUT2D eigenvalue weighted by Gasteiger charge is 2.31. The summed E-state index contributed by atoms with van der Waals surface area (Å²) in [5.74, 6) is 0.284. The topological polar surface area (TPSA) is 56.8 Å². The highest BCUT2D eigenvalue weighted by atomic mass is 19.4. The molecule has 29 heavy (non-hydrogen) atoms. The smallest absolute Gasteiger partial charge is 0.416 e. The van der Waals surface area contributed by atoms with E-state index in [9.17, 15) is 18.0 Å². The Morgan fingerprint density at radius 2 is 1.72 bits per heavy atom. The second-order valence-corrected chi connectivity index (χ2v) is 6.44. The van der Waals surface area contributed by atoms with E-state index >= 15 is 0 Å². The van der Waals surface area contributed by atoms with Crippen LogP contribution in [0.15, 0.2) is 36.4 Å². The first-order valence-electron chi connectivity index (χ1n) is 9.03. The van der Waals surface area contributed by atoms with E-state index in [0.29, 0.717) is 5.75 Å². The Labute approximate surface area is 167 Å². The van der Waals surface area contributed by atoms with E-state index in [0.717, 1.165) is 23.3 Å². The predicted octanol–water partition coefficient (Wildman–Crippen LogP) is 4.76. The van der Waals surface area contributed by atoms with Gasteiger partial charge in [0.15, 0.2) is 0 Å². The summed E-state index contributed by atoms with van der Waals surface area (Å²) in [6.07, 6.45) is -4.56. The fourth-order valence-corrected chi connectivity index (χ4v) is 2.44. The molecule has 0 saturated carbocycles. The van der Waals surface area contributed by atoms with Crippen LogP contribution in [0.5, 0.6) is 11.5 Å². The minimum atomic E-state index is -4.53. The second kappa shape index (κ2) is 10.2. The molecule has 2 rings (SSSR count). The molecule has 0 saturated heterocycles. The Hall–Kier alpha value is -2.74. The molecule has 0 aliphatic carbocycles. The average molecular weight is 411 g/mol. The molecule has 0 unspecified atom stereocenters. The third kappa shape index (κ3) is 6.98. The van der Waals surface area contributed by atoms with Gasteiger partial charge in [0.1, 0.15) is 18.1 Å². The number of hydrogen-bond donors (Lipinski definition) is 1. The van der Waals surface area contributed by atoms with Crippen molar-refractivity contribution in [3.8, 4) is 11.5 Å². The number of carbonyl (C=O) groups excluding carboxylic acids is 1. The van der Waals surface area contributed by atoms with E-state index in [1.54, 1.807) is 6.07 Å². The summed E-state index contributed by atoms with van der Waals surface area (Å²) in [5.41, 5.74) is 1.26. The molecule has 5 nitrogen and oxygen atoms in total. The first kappa shape index (κ1) is 22.5. The van der Waals surface area contributed by atoms with Crippen LogP contribution in [0, 0.1) is 13.8 Å². The number of methoxy groups -OCH3 is 1. The Bertz CT molecular complexity index is 837. The van der Waals surface area contributed by atoms with Crippen molar-refractivity contribution in [2.24, 2.45) is 0 Å². The third-order valence-electron chi connectivity index (χ3n) is 4.20. The Morgan fingerprint density at radius 3 is 2.38 bits per heavy atom. The molecule has 0 atom stereocenters. The SMILES string of the molecule is COCCOc1ccc(C(F)(F)F)cc1NC(=O)CCOc1ccc(C)c(C)c1. The van der Waals surface area contributed by atoms with Gasteiger partial charge in [0.25, 0.3) is 0 Å². The monoisotopic (exact) mass is 411 g/mol. The van der Waals surface area contributed by atoms with Gasteiger partial charge in [0, 0.05) is 7.11 Å². The number of ether oxygens (including phenoxy) is 3. The summed E-state index contributed by atoms with van der Waals surface area (Å²) < 4.78 is 54.8. The first-order chi connectivity index (χ1) is 13.7. The van der Waals surface area contributed by atoms with Gasteiger partial charge in [-0.1, -0.05) is 6.07 Å². The van der Waals surface area contributed by atoms with Crippen molar-refractivity contribution in [1.82, 2.24) is 0 Å². The van der Waals surface area contributed by atoms with Gasteiger partial charge in [-0.15, -0.1) is 0 Å². The zero-order valence-electron chi connectivity index (χ0n) is 16.6. The summed E-state index contributed by atoms with van der Waals surface area (Å²) in [4.78, 5) is 12.2. The van der Waals surface area contributed by atoms with E-state index in [2.05, 4.69) is 5.32 Å². The van der Waals surface area contributed by atoms with Gasteiger partial charge in [-0.3, -0.25) is 4.79 Å². The zero-order chi connectivity index (χ0) is 21.4. The Balaban J connectivity index is 2.01. The number of aryl methyl sites for hydroxylation is 2. The fraction of sp³-hybridized carbons (Fsp3) is 0.381. The number of anilines is 1. The molecule has 0 heterocycles. The number of rotatable bonds is 9. The van der Waals surface area contributed by atoms with Gasteiger partial charge >= 0.3 is 6.18 Å². The normalized spacial score (nSPS) is 11.2. The number of alkyl halides is 3. The maximum atomic E-state index is 13.0. The second-order valence-electron chi connectivity index (χ2n) is 6.44. The summed E-state index contributed by atoms with van der Waals surface area (Å²) >= 11 is 0.